The van der Waals surface area contributed by atoms with Crippen molar-refractivity contribution in [1.82, 2.24) is 0 Å². The number of ether oxygens (including phenoxy) is 1. The fourth-order valence-electron chi connectivity index (χ4n) is 1.10. The van der Waals surface area contributed by atoms with Crippen LogP contribution in [0.4, 0.5) is 4.79 Å². The Morgan fingerprint density at radius 2 is 1.88 bits per heavy atom. The van der Waals surface area contributed by atoms with E-state index in [2.05, 4.69) is 9.93 Å². The van der Waals surface area contributed by atoms with Crippen molar-refractivity contribution in [2.24, 2.45) is 0 Å². The fraction of sp³-hybridized carbons (Fsp3) is 0.909. The first-order valence-corrected chi connectivity index (χ1v) is 5.71. The van der Waals surface area contributed by atoms with E-state index >= 15 is 0 Å². The standard InChI is InChI=1S/C11H22O5/c1-5-7-9-13-10(12)14-16-15-11(3,4)8-6-2/h5-9H2,1-4H3. The molecule has 0 aromatic heterocycles. The number of carbonyl (C=O) groups excluding carboxylic acids is 1. The maximum atomic E-state index is 10.9. The first-order valence-electron chi connectivity index (χ1n) is 5.71. The predicted octanol–water partition coefficient (Wildman–Crippen LogP) is 3.38. The summed E-state index contributed by atoms with van der Waals surface area (Å²) >= 11 is 0. The molecule has 0 saturated carbocycles. The van der Waals surface area contributed by atoms with Gasteiger partial charge in [0.1, 0.15) is 5.60 Å². The number of unbranched alkanes of at least 4 members (excludes halogenated alkanes) is 1. The van der Waals surface area contributed by atoms with Crippen LogP contribution in [0.3, 0.4) is 0 Å². The Morgan fingerprint density at radius 3 is 2.44 bits per heavy atom. The lowest BCUT2D eigenvalue weighted by molar-refractivity contribution is -0.517. The molecule has 96 valence electrons. The quantitative estimate of drug-likeness (QED) is 0.279. The summed E-state index contributed by atoms with van der Waals surface area (Å²) in [6.07, 6.45) is 2.64. The third kappa shape index (κ3) is 8.49. The lowest BCUT2D eigenvalue weighted by Gasteiger charge is -2.20. The van der Waals surface area contributed by atoms with Gasteiger partial charge in [0.25, 0.3) is 0 Å². The maximum Gasteiger partial charge on any atom is 0.542 e. The van der Waals surface area contributed by atoms with Crippen LogP contribution < -0.4 is 0 Å². The minimum atomic E-state index is -0.874. The summed E-state index contributed by atoms with van der Waals surface area (Å²) in [4.78, 5) is 20.1. The van der Waals surface area contributed by atoms with E-state index < -0.39 is 11.8 Å². The topological polar surface area (TPSA) is 54.0 Å². The third-order valence-electron chi connectivity index (χ3n) is 1.93. The Bertz CT molecular complexity index is 191. The van der Waals surface area contributed by atoms with Gasteiger partial charge in [-0.15, -0.1) is 0 Å². The van der Waals surface area contributed by atoms with Crippen molar-refractivity contribution in [3.63, 3.8) is 0 Å². The van der Waals surface area contributed by atoms with Gasteiger partial charge < -0.3 is 4.74 Å². The van der Waals surface area contributed by atoms with E-state index in [9.17, 15) is 4.79 Å². The molecule has 0 bridgehead atoms. The monoisotopic (exact) mass is 234 g/mol. The van der Waals surface area contributed by atoms with Gasteiger partial charge in [0.2, 0.25) is 0 Å². The highest BCUT2D eigenvalue weighted by Crippen LogP contribution is 2.16. The van der Waals surface area contributed by atoms with Crippen molar-refractivity contribution >= 4 is 6.16 Å². The molecule has 0 fully saturated rings. The van der Waals surface area contributed by atoms with Gasteiger partial charge in [-0.25, -0.2) is 9.68 Å². The molecule has 0 atom stereocenters. The Morgan fingerprint density at radius 1 is 1.19 bits per heavy atom. The second-order valence-corrected chi connectivity index (χ2v) is 4.20. The molecule has 0 spiro atoms. The second kappa shape index (κ2) is 8.35. The molecule has 0 unspecified atom stereocenters. The highest BCUT2D eigenvalue weighted by atomic mass is 17.5. The van der Waals surface area contributed by atoms with Gasteiger partial charge in [-0.2, -0.15) is 4.89 Å². The number of carbonyl (C=O) groups is 1. The van der Waals surface area contributed by atoms with Crippen molar-refractivity contribution < 1.29 is 24.3 Å². The zero-order valence-corrected chi connectivity index (χ0v) is 10.6. The van der Waals surface area contributed by atoms with Crippen LogP contribution in [0.25, 0.3) is 0 Å². The zero-order chi connectivity index (χ0) is 12.4. The third-order valence-corrected chi connectivity index (χ3v) is 1.93. The minimum Gasteiger partial charge on any atom is -0.432 e. The Labute approximate surface area is 96.9 Å². The van der Waals surface area contributed by atoms with Crippen LogP contribution in [0.2, 0.25) is 0 Å². The van der Waals surface area contributed by atoms with Gasteiger partial charge in [0, 0.05) is 0 Å². The summed E-state index contributed by atoms with van der Waals surface area (Å²) in [5, 5.41) is 4.37. The average Bonchev–Trinajstić information content (AvgIpc) is 2.17. The second-order valence-electron chi connectivity index (χ2n) is 4.20. The van der Waals surface area contributed by atoms with Crippen LogP contribution in [0.1, 0.15) is 53.4 Å². The van der Waals surface area contributed by atoms with Crippen LogP contribution in [0.15, 0.2) is 0 Å². The van der Waals surface area contributed by atoms with Gasteiger partial charge in [0.05, 0.1) is 6.61 Å². The number of rotatable bonds is 8. The van der Waals surface area contributed by atoms with Gasteiger partial charge in [-0.1, -0.05) is 26.7 Å². The summed E-state index contributed by atoms with van der Waals surface area (Å²) in [7, 11) is 0. The lowest BCUT2D eigenvalue weighted by atomic mass is 10.0. The maximum absolute atomic E-state index is 10.9. The molecule has 0 rings (SSSR count). The lowest BCUT2D eigenvalue weighted by Crippen LogP contribution is -2.25. The van der Waals surface area contributed by atoms with Crippen molar-refractivity contribution in [3.05, 3.63) is 0 Å². The molecule has 0 aliphatic carbocycles. The van der Waals surface area contributed by atoms with Crippen LogP contribution in [-0.4, -0.2) is 18.4 Å². The average molecular weight is 234 g/mol. The van der Waals surface area contributed by atoms with Crippen LogP contribution >= 0.6 is 0 Å². The molecule has 0 aromatic carbocycles. The fourth-order valence-corrected chi connectivity index (χ4v) is 1.10. The van der Waals surface area contributed by atoms with Gasteiger partial charge in [0.15, 0.2) is 0 Å². The molecule has 0 N–H and O–H groups in total. The Kier molecular flexibility index (Phi) is 7.93. The normalized spacial score (nSPS) is 11.2. The molecule has 0 aromatic rings. The van der Waals surface area contributed by atoms with E-state index in [0.29, 0.717) is 6.61 Å². The van der Waals surface area contributed by atoms with E-state index in [-0.39, 0.29) is 0 Å². The SMILES string of the molecule is CCCCOC(=O)OOOC(C)(C)CCC. The zero-order valence-electron chi connectivity index (χ0n) is 10.6. The highest BCUT2D eigenvalue weighted by molar-refractivity contribution is 5.58. The van der Waals surface area contributed by atoms with Crippen molar-refractivity contribution in [3.8, 4) is 0 Å². The minimum absolute atomic E-state index is 0.330. The molecule has 5 nitrogen and oxygen atoms in total. The molecule has 16 heavy (non-hydrogen) atoms. The number of hydrogen-bond acceptors (Lipinski definition) is 5. The van der Waals surface area contributed by atoms with Crippen molar-refractivity contribution in [2.75, 3.05) is 6.61 Å². The smallest absolute Gasteiger partial charge is 0.432 e. The van der Waals surface area contributed by atoms with Crippen LogP contribution in [-0.2, 0) is 19.6 Å². The first kappa shape index (κ1) is 15.2. The Balaban J connectivity index is 3.53. The molecule has 0 aliphatic rings. The summed E-state index contributed by atoms with van der Waals surface area (Å²) in [5.41, 5.74) is -0.474. The summed E-state index contributed by atoms with van der Waals surface area (Å²) in [6.45, 7) is 8.06. The van der Waals surface area contributed by atoms with E-state index in [1.165, 1.54) is 0 Å². The summed E-state index contributed by atoms with van der Waals surface area (Å²) in [6, 6.07) is 0. The van der Waals surface area contributed by atoms with E-state index in [0.717, 1.165) is 25.7 Å². The highest BCUT2D eigenvalue weighted by Gasteiger charge is 2.20. The molecular formula is C11H22O5. The van der Waals surface area contributed by atoms with Crippen molar-refractivity contribution in [2.45, 2.75) is 59.0 Å². The molecule has 0 amide bonds. The molecule has 0 aliphatic heterocycles. The largest absolute Gasteiger partial charge is 0.542 e. The van der Waals surface area contributed by atoms with Crippen LogP contribution in [0, 0.1) is 0 Å². The van der Waals surface area contributed by atoms with E-state index in [1.807, 2.05) is 27.7 Å². The Hall–Kier alpha value is -0.810. The first-order chi connectivity index (χ1) is 7.52. The van der Waals surface area contributed by atoms with E-state index in [1.54, 1.807) is 0 Å². The summed E-state index contributed by atoms with van der Waals surface area (Å²) in [5.74, 6) is 0. The summed E-state index contributed by atoms with van der Waals surface area (Å²) < 4.78 is 4.69. The van der Waals surface area contributed by atoms with Crippen LogP contribution in [0.5, 0.6) is 0 Å². The predicted molar refractivity (Wildman–Crippen MR) is 58.5 cm³/mol. The molecule has 5 heteroatoms. The van der Waals surface area contributed by atoms with Gasteiger partial charge in [-0.05, 0) is 31.7 Å². The molecule has 0 heterocycles. The van der Waals surface area contributed by atoms with Gasteiger partial charge >= 0.3 is 6.16 Å². The molecule has 0 radical (unpaired) electrons. The molecular weight excluding hydrogens is 212 g/mol. The van der Waals surface area contributed by atoms with Gasteiger partial charge in [-0.3, -0.25) is 0 Å². The van der Waals surface area contributed by atoms with E-state index in [4.69, 9.17) is 9.62 Å². The molecule has 0 saturated heterocycles. The van der Waals surface area contributed by atoms with Crippen molar-refractivity contribution in [1.29, 1.82) is 0 Å². The number of hydrogen-bond donors (Lipinski definition) is 0.